The van der Waals surface area contributed by atoms with Gasteiger partial charge in [-0.2, -0.15) is 0 Å². The summed E-state index contributed by atoms with van der Waals surface area (Å²) < 4.78 is 15.8. The van der Waals surface area contributed by atoms with Crippen molar-refractivity contribution in [1.29, 1.82) is 0 Å². The highest BCUT2D eigenvalue weighted by atomic mass is 19.1. The molecular weight excluding hydrogens is 309 g/mol. The molecule has 5 nitrogen and oxygen atoms in total. The molecule has 24 heavy (non-hydrogen) atoms. The first kappa shape index (κ1) is 15.1. The van der Waals surface area contributed by atoms with E-state index < -0.39 is 5.82 Å². The summed E-state index contributed by atoms with van der Waals surface area (Å²) in [6.07, 6.45) is 2.47. The number of carbonyl (C=O) groups excluding carboxylic acids is 1. The van der Waals surface area contributed by atoms with Crippen molar-refractivity contribution < 1.29 is 9.18 Å². The number of likely N-dealkylation sites (tertiary alicyclic amines) is 1. The first-order chi connectivity index (χ1) is 11.5. The third kappa shape index (κ3) is 2.42. The smallest absolute Gasteiger partial charge is 0.251 e. The van der Waals surface area contributed by atoms with Crippen LogP contribution in [0.5, 0.6) is 0 Å². The molecule has 1 fully saturated rings. The van der Waals surface area contributed by atoms with Crippen molar-refractivity contribution >= 4 is 5.91 Å². The van der Waals surface area contributed by atoms with Gasteiger partial charge >= 0.3 is 0 Å². The summed E-state index contributed by atoms with van der Waals surface area (Å²) in [7, 11) is 0. The lowest BCUT2D eigenvalue weighted by Crippen LogP contribution is -2.48. The Labute approximate surface area is 138 Å². The normalized spacial score (nSPS) is 22.2. The van der Waals surface area contributed by atoms with Crippen molar-refractivity contribution in [3.63, 3.8) is 0 Å². The molecule has 0 saturated carbocycles. The molecule has 1 amide bonds. The maximum atomic E-state index is 14.0. The number of aromatic nitrogens is 2. The Kier molecular flexibility index (Phi) is 3.48. The summed E-state index contributed by atoms with van der Waals surface area (Å²) in [5.41, 5.74) is 1.45. The summed E-state index contributed by atoms with van der Waals surface area (Å²) in [4.78, 5) is 30.2. The first-order valence-electron chi connectivity index (χ1n) is 8.14. The van der Waals surface area contributed by atoms with Crippen molar-refractivity contribution in [1.82, 2.24) is 14.5 Å². The number of pyridine rings is 2. The quantitative estimate of drug-likeness (QED) is 0.805. The van der Waals surface area contributed by atoms with Crippen LogP contribution in [0.15, 0.2) is 35.3 Å². The standard InChI is InChI=1S/C18H18FN3O2/c1-11(23)21-8-12-5-14(10-21)16-6-13(7-17(24)22(16)9-12)18-15(19)3-2-4-20-18/h2-4,6-7,12,14H,5,8-10H2,1H3/t12-,14+/m0/s1. The van der Waals surface area contributed by atoms with Gasteiger partial charge in [0, 0.05) is 56.0 Å². The fourth-order valence-electron chi connectivity index (χ4n) is 3.95. The molecule has 124 valence electrons. The third-order valence-electron chi connectivity index (χ3n) is 5.03. The summed E-state index contributed by atoms with van der Waals surface area (Å²) in [5, 5.41) is 0. The molecule has 4 rings (SSSR count). The fraction of sp³-hybridized carbons (Fsp3) is 0.389. The Morgan fingerprint density at radius 3 is 2.88 bits per heavy atom. The number of amides is 1. The van der Waals surface area contributed by atoms with Crippen LogP contribution in [0.1, 0.15) is 25.0 Å². The predicted molar refractivity (Wildman–Crippen MR) is 87.0 cm³/mol. The van der Waals surface area contributed by atoms with E-state index in [1.54, 1.807) is 11.5 Å². The van der Waals surface area contributed by atoms with Crippen molar-refractivity contribution in [3.8, 4) is 11.3 Å². The van der Waals surface area contributed by atoms with E-state index in [2.05, 4.69) is 4.98 Å². The minimum absolute atomic E-state index is 0.0624. The third-order valence-corrected chi connectivity index (χ3v) is 5.03. The maximum Gasteiger partial charge on any atom is 0.251 e. The van der Waals surface area contributed by atoms with Crippen molar-refractivity contribution in [2.45, 2.75) is 25.8 Å². The van der Waals surface area contributed by atoms with E-state index in [-0.39, 0.29) is 23.1 Å². The largest absolute Gasteiger partial charge is 0.342 e. The number of halogens is 1. The van der Waals surface area contributed by atoms with Crippen molar-refractivity contribution in [2.75, 3.05) is 13.1 Å². The van der Waals surface area contributed by atoms with Gasteiger partial charge in [-0.15, -0.1) is 0 Å². The number of hydrogen-bond donors (Lipinski definition) is 0. The van der Waals surface area contributed by atoms with Crippen LogP contribution < -0.4 is 5.56 Å². The van der Waals surface area contributed by atoms with Gasteiger partial charge in [0.2, 0.25) is 5.91 Å². The van der Waals surface area contributed by atoms with Gasteiger partial charge in [-0.25, -0.2) is 4.39 Å². The van der Waals surface area contributed by atoms with Crippen LogP contribution in [0.4, 0.5) is 4.39 Å². The number of hydrogen-bond acceptors (Lipinski definition) is 3. The fourth-order valence-corrected chi connectivity index (χ4v) is 3.95. The molecule has 2 aliphatic rings. The minimum Gasteiger partial charge on any atom is -0.342 e. The van der Waals surface area contributed by atoms with Crippen molar-refractivity contribution in [3.05, 3.63) is 52.3 Å². The molecule has 0 N–H and O–H groups in total. The minimum atomic E-state index is -0.440. The molecule has 1 saturated heterocycles. The topological polar surface area (TPSA) is 55.2 Å². The number of nitrogens with zero attached hydrogens (tertiary/aromatic N) is 3. The molecule has 0 spiro atoms. The second kappa shape index (κ2) is 5.54. The Bertz CT molecular complexity index is 877. The van der Waals surface area contributed by atoms with Gasteiger partial charge in [0.1, 0.15) is 11.5 Å². The molecule has 2 aromatic rings. The van der Waals surface area contributed by atoms with Crippen molar-refractivity contribution in [2.24, 2.45) is 5.92 Å². The number of carbonyl (C=O) groups is 1. The Morgan fingerprint density at radius 2 is 2.12 bits per heavy atom. The SMILES string of the molecule is CC(=O)N1C[C@@H]2C[C@H](C1)c1cc(-c3ncccc3F)cc(=O)n1C2. The molecule has 0 aliphatic carbocycles. The van der Waals surface area contributed by atoms with Gasteiger partial charge < -0.3 is 9.47 Å². The van der Waals surface area contributed by atoms with Gasteiger partial charge in [-0.1, -0.05) is 0 Å². The lowest BCUT2D eigenvalue weighted by Gasteiger charge is -2.42. The van der Waals surface area contributed by atoms with E-state index in [9.17, 15) is 14.0 Å². The van der Waals surface area contributed by atoms with E-state index in [1.807, 2.05) is 11.0 Å². The van der Waals surface area contributed by atoms with Crippen LogP contribution in [-0.4, -0.2) is 33.4 Å². The van der Waals surface area contributed by atoms with Gasteiger partial charge in [-0.3, -0.25) is 14.6 Å². The van der Waals surface area contributed by atoms with Gasteiger partial charge in [-0.05, 0) is 30.5 Å². The van der Waals surface area contributed by atoms with E-state index in [0.29, 0.717) is 31.1 Å². The van der Waals surface area contributed by atoms with Crippen LogP contribution in [0, 0.1) is 11.7 Å². The predicted octanol–water partition coefficient (Wildman–Crippen LogP) is 2.01. The first-order valence-corrected chi connectivity index (χ1v) is 8.14. The zero-order valence-electron chi connectivity index (χ0n) is 13.4. The Hall–Kier alpha value is -2.50. The van der Waals surface area contributed by atoms with E-state index >= 15 is 0 Å². The Morgan fingerprint density at radius 1 is 1.29 bits per heavy atom. The van der Waals surface area contributed by atoms with Crippen LogP contribution in [-0.2, 0) is 11.3 Å². The highest BCUT2D eigenvalue weighted by molar-refractivity contribution is 5.73. The second-order valence-electron chi connectivity index (χ2n) is 6.67. The molecular formula is C18H18FN3O2. The van der Waals surface area contributed by atoms with E-state index in [0.717, 1.165) is 12.1 Å². The molecule has 2 bridgehead atoms. The van der Waals surface area contributed by atoms with Crippen LogP contribution in [0.2, 0.25) is 0 Å². The molecule has 2 aromatic heterocycles. The Balaban J connectivity index is 1.81. The van der Waals surface area contributed by atoms with E-state index in [4.69, 9.17) is 0 Å². The summed E-state index contributed by atoms with van der Waals surface area (Å²) in [6.45, 7) is 3.50. The average Bonchev–Trinajstić information content (AvgIpc) is 2.56. The van der Waals surface area contributed by atoms with Crippen LogP contribution in [0.3, 0.4) is 0 Å². The van der Waals surface area contributed by atoms with Crippen LogP contribution in [0.25, 0.3) is 11.3 Å². The molecule has 2 atom stereocenters. The van der Waals surface area contributed by atoms with E-state index in [1.165, 1.54) is 24.4 Å². The highest BCUT2D eigenvalue weighted by Gasteiger charge is 2.35. The lowest BCUT2D eigenvalue weighted by atomic mass is 9.82. The number of piperidine rings is 1. The average molecular weight is 327 g/mol. The maximum absolute atomic E-state index is 14.0. The van der Waals surface area contributed by atoms with Gasteiger partial charge in [0.15, 0.2) is 0 Å². The lowest BCUT2D eigenvalue weighted by molar-refractivity contribution is -0.131. The summed E-state index contributed by atoms with van der Waals surface area (Å²) >= 11 is 0. The molecule has 6 heteroatoms. The second-order valence-corrected chi connectivity index (χ2v) is 6.67. The molecule has 0 radical (unpaired) electrons. The summed E-state index contributed by atoms with van der Waals surface area (Å²) in [6, 6.07) is 6.18. The highest BCUT2D eigenvalue weighted by Crippen LogP contribution is 2.36. The van der Waals surface area contributed by atoms with Gasteiger partial charge in [0.25, 0.3) is 5.56 Å². The van der Waals surface area contributed by atoms with Crippen LogP contribution >= 0.6 is 0 Å². The summed E-state index contributed by atoms with van der Waals surface area (Å²) in [5.74, 6) is 0.0353. The number of fused-ring (bicyclic) bond motifs is 4. The molecule has 2 aliphatic heterocycles. The van der Waals surface area contributed by atoms with Gasteiger partial charge in [0.05, 0.1) is 0 Å². The zero-order valence-corrected chi connectivity index (χ0v) is 13.4. The number of rotatable bonds is 1. The molecule has 4 heterocycles. The monoisotopic (exact) mass is 327 g/mol. The molecule has 0 unspecified atom stereocenters. The zero-order chi connectivity index (χ0) is 16.8. The molecule has 0 aromatic carbocycles.